The van der Waals surface area contributed by atoms with Crippen molar-refractivity contribution in [1.82, 2.24) is 15.6 Å². The highest BCUT2D eigenvalue weighted by molar-refractivity contribution is 14.0. The van der Waals surface area contributed by atoms with E-state index in [0.29, 0.717) is 6.54 Å². The van der Waals surface area contributed by atoms with E-state index >= 15 is 0 Å². The first-order valence-corrected chi connectivity index (χ1v) is 10.1. The molecule has 0 unspecified atom stereocenters. The summed E-state index contributed by atoms with van der Waals surface area (Å²) >= 11 is 5.93. The minimum Gasteiger partial charge on any atom is -0.357 e. The fourth-order valence-electron chi connectivity index (χ4n) is 3.13. The monoisotopic (exact) mass is 513 g/mol. The molecule has 0 aliphatic carbocycles. The van der Waals surface area contributed by atoms with Gasteiger partial charge in [-0.15, -0.1) is 24.0 Å². The van der Waals surface area contributed by atoms with Crippen molar-refractivity contribution < 1.29 is 0 Å². The number of hydrogen-bond acceptors (Lipinski definition) is 3. The molecular formula is C21H29ClIN5. The molecule has 0 amide bonds. The molecule has 3 rings (SSSR count). The van der Waals surface area contributed by atoms with Crippen LogP contribution in [0.2, 0.25) is 5.02 Å². The summed E-state index contributed by atoms with van der Waals surface area (Å²) in [4.78, 5) is 11.6. The molecule has 2 heterocycles. The Bertz CT molecular complexity index is 727. The zero-order chi connectivity index (χ0) is 18.9. The Morgan fingerprint density at radius 1 is 1.07 bits per heavy atom. The van der Waals surface area contributed by atoms with Crippen LogP contribution in [0.3, 0.4) is 0 Å². The largest absolute Gasteiger partial charge is 0.357 e. The third-order valence-electron chi connectivity index (χ3n) is 4.62. The Kier molecular flexibility index (Phi) is 9.84. The number of hydrogen-bond donors (Lipinski definition) is 2. The van der Waals surface area contributed by atoms with Gasteiger partial charge in [0.25, 0.3) is 0 Å². The molecule has 1 aromatic carbocycles. The van der Waals surface area contributed by atoms with Crippen LogP contribution >= 0.6 is 35.6 Å². The zero-order valence-electron chi connectivity index (χ0n) is 16.3. The van der Waals surface area contributed by atoms with Crippen LogP contribution in [-0.2, 0) is 13.0 Å². The van der Waals surface area contributed by atoms with Crippen LogP contribution in [0.15, 0.2) is 47.6 Å². The van der Waals surface area contributed by atoms with Gasteiger partial charge in [0.05, 0.1) is 6.54 Å². The zero-order valence-corrected chi connectivity index (χ0v) is 19.4. The molecule has 0 radical (unpaired) electrons. The second-order valence-electron chi connectivity index (χ2n) is 6.72. The van der Waals surface area contributed by atoms with E-state index < -0.39 is 0 Å². The summed E-state index contributed by atoms with van der Waals surface area (Å²) < 4.78 is 0. The SMILES string of the molecule is CCNC(=NCc1ccc(N2CCCC2)nc1)NCCc1ccc(Cl)cc1.I. The lowest BCUT2D eigenvalue weighted by Crippen LogP contribution is -2.38. The van der Waals surface area contributed by atoms with Crippen molar-refractivity contribution >= 4 is 47.4 Å². The Morgan fingerprint density at radius 3 is 2.43 bits per heavy atom. The lowest BCUT2D eigenvalue weighted by Gasteiger charge is -2.16. The number of nitrogens with one attached hydrogen (secondary N) is 2. The average molecular weight is 514 g/mol. The number of rotatable bonds is 7. The second kappa shape index (κ2) is 12.1. The molecule has 1 fully saturated rings. The third-order valence-corrected chi connectivity index (χ3v) is 4.87. The fourth-order valence-corrected chi connectivity index (χ4v) is 3.26. The Labute approximate surface area is 190 Å². The molecule has 5 nitrogen and oxygen atoms in total. The molecule has 2 aromatic rings. The van der Waals surface area contributed by atoms with Gasteiger partial charge in [-0.2, -0.15) is 0 Å². The van der Waals surface area contributed by atoms with E-state index in [4.69, 9.17) is 11.6 Å². The molecule has 0 saturated carbocycles. The van der Waals surface area contributed by atoms with Gasteiger partial charge in [-0.05, 0) is 55.5 Å². The van der Waals surface area contributed by atoms with Crippen molar-refractivity contribution in [2.75, 3.05) is 31.1 Å². The van der Waals surface area contributed by atoms with Gasteiger partial charge in [-0.3, -0.25) is 0 Å². The van der Waals surface area contributed by atoms with E-state index in [2.05, 4.69) is 56.7 Å². The van der Waals surface area contributed by atoms with Crippen molar-refractivity contribution in [3.63, 3.8) is 0 Å². The Hall–Kier alpha value is -1.54. The van der Waals surface area contributed by atoms with Gasteiger partial charge in [0, 0.05) is 37.4 Å². The van der Waals surface area contributed by atoms with Crippen molar-refractivity contribution in [3.05, 3.63) is 58.7 Å². The summed E-state index contributed by atoms with van der Waals surface area (Å²) in [6.45, 7) is 6.57. The molecule has 0 bridgehead atoms. The number of aliphatic imine (C=N–C) groups is 1. The molecule has 0 atom stereocenters. The van der Waals surface area contributed by atoms with Gasteiger partial charge in [-0.1, -0.05) is 29.8 Å². The van der Waals surface area contributed by atoms with Gasteiger partial charge in [-0.25, -0.2) is 9.98 Å². The molecular weight excluding hydrogens is 485 g/mol. The minimum atomic E-state index is 0. The van der Waals surface area contributed by atoms with Crippen molar-refractivity contribution in [2.24, 2.45) is 4.99 Å². The van der Waals surface area contributed by atoms with Crippen LogP contribution in [-0.4, -0.2) is 37.1 Å². The summed E-state index contributed by atoms with van der Waals surface area (Å²) in [5.74, 6) is 1.91. The topological polar surface area (TPSA) is 52.6 Å². The highest BCUT2D eigenvalue weighted by Crippen LogP contribution is 2.17. The Balaban J connectivity index is 0.00000280. The normalized spacial score (nSPS) is 13.9. The first-order chi connectivity index (χ1) is 13.2. The number of anilines is 1. The highest BCUT2D eigenvalue weighted by atomic mass is 127. The van der Waals surface area contributed by atoms with Gasteiger partial charge >= 0.3 is 0 Å². The van der Waals surface area contributed by atoms with Gasteiger partial charge < -0.3 is 15.5 Å². The number of benzene rings is 1. The smallest absolute Gasteiger partial charge is 0.191 e. The number of halogens is 2. The summed E-state index contributed by atoms with van der Waals surface area (Å²) in [5.41, 5.74) is 2.37. The minimum absolute atomic E-state index is 0. The standard InChI is InChI=1S/C21H28ClN5.HI/c1-2-23-21(24-12-11-17-5-8-19(22)9-6-17)26-16-18-7-10-20(25-15-18)27-13-3-4-14-27;/h5-10,15H,2-4,11-14,16H2,1H3,(H2,23,24,26);1H. The predicted octanol–water partition coefficient (Wildman–Crippen LogP) is 4.25. The number of aromatic nitrogens is 1. The van der Waals surface area contributed by atoms with Crippen LogP contribution in [0.25, 0.3) is 0 Å². The molecule has 1 aliphatic heterocycles. The quantitative estimate of drug-likeness (QED) is 0.330. The lowest BCUT2D eigenvalue weighted by molar-refractivity contribution is 0.799. The van der Waals surface area contributed by atoms with Crippen LogP contribution in [0.5, 0.6) is 0 Å². The summed E-state index contributed by atoms with van der Waals surface area (Å²) in [5, 5.41) is 7.45. The third kappa shape index (κ3) is 7.13. The fraction of sp³-hybridized carbons (Fsp3) is 0.429. The molecule has 152 valence electrons. The van der Waals surface area contributed by atoms with Crippen molar-refractivity contribution in [1.29, 1.82) is 0 Å². The van der Waals surface area contributed by atoms with Crippen LogP contribution in [0.1, 0.15) is 30.9 Å². The van der Waals surface area contributed by atoms with Crippen LogP contribution in [0, 0.1) is 0 Å². The van der Waals surface area contributed by atoms with E-state index in [-0.39, 0.29) is 24.0 Å². The number of pyridine rings is 1. The van der Waals surface area contributed by atoms with Gasteiger partial charge in [0.15, 0.2) is 5.96 Å². The number of guanidine groups is 1. The van der Waals surface area contributed by atoms with E-state index in [9.17, 15) is 0 Å². The van der Waals surface area contributed by atoms with E-state index in [1.165, 1.54) is 18.4 Å². The molecule has 7 heteroatoms. The lowest BCUT2D eigenvalue weighted by atomic mass is 10.1. The average Bonchev–Trinajstić information content (AvgIpc) is 3.23. The van der Waals surface area contributed by atoms with Crippen molar-refractivity contribution in [2.45, 2.75) is 32.7 Å². The highest BCUT2D eigenvalue weighted by Gasteiger charge is 2.12. The Morgan fingerprint density at radius 2 is 1.79 bits per heavy atom. The maximum Gasteiger partial charge on any atom is 0.191 e. The van der Waals surface area contributed by atoms with Gasteiger partial charge in [0.2, 0.25) is 0 Å². The molecule has 0 spiro atoms. The molecule has 1 aromatic heterocycles. The van der Waals surface area contributed by atoms with E-state index in [0.717, 1.165) is 55.0 Å². The van der Waals surface area contributed by atoms with Crippen LogP contribution < -0.4 is 15.5 Å². The molecule has 1 saturated heterocycles. The molecule has 28 heavy (non-hydrogen) atoms. The first kappa shape index (κ1) is 22.7. The van der Waals surface area contributed by atoms with Crippen molar-refractivity contribution in [3.8, 4) is 0 Å². The first-order valence-electron chi connectivity index (χ1n) is 9.71. The predicted molar refractivity (Wildman–Crippen MR) is 129 cm³/mol. The van der Waals surface area contributed by atoms with E-state index in [1.54, 1.807) is 0 Å². The number of nitrogens with zero attached hydrogens (tertiary/aromatic N) is 3. The van der Waals surface area contributed by atoms with E-state index in [1.807, 2.05) is 18.3 Å². The van der Waals surface area contributed by atoms with Crippen LogP contribution in [0.4, 0.5) is 5.82 Å². The summed E-state index contributed by atoms with van der Waals surface area (Å²) in [7, 11) is 0. The summed E-state index contributed by atoms with van der Waals surface area (Å²) in [6.07, 6.45) is 5.39. The van der Waals surface area contributed by atoms with Gasteiger partial charge in [0.1, 0.15) is 5.82 Å². The second-order valence-corrected chi connectivity index (χ2v) is 7.15. The maximum atomic E-state index is 5.93. The maximum absolute atomic E-state index is 5.93. The molecule has 1 aliphatic rings. The molecule has 2 N–H and O–H groups in total. The summed E-state index contributed by atoms with van der Waals surface area (Å²) in [6, 6.07) is 12.2.